The molecule has 0 spiro atoms. The smallest absolute Gasteiger partial charge is 0.339 e. The molecule has 4 rings (SSSR count). The first-order chi connectivity index (χ1) is 15.0. The summed E-state index contributed by atoms with van der Waals surface area (Å²) in [5.41, 5.74) is -1.20. The molecule has 1 unspecified atom stereocenters. The van der Waals surface area contributed by atoms with Crippen molar-refractivity contribution in [3.05, 3.63) is 45.7 Å². The maximum absolute atomic E-state index is 13.6. The molecule has 0 saturated heterocycles. The van der Waals surface area contributed by atoms with Crippen LogP contribution in [0.25, 0.3) is 0 Å². The predicted molar refractivity (Wildman–Crippen MR) is 107 cm³/mol. The van der Waals surface area contributed by atoms with Crippen LogP contribution in [0.5, 0.6) is 0 Å². The van der Waals surface area contributed by atoms with Gasteiger partial charge in [0, 0.05) is 31.4 Å². The quantitative estimate of drug-likeness (QED) is 0.528. The third-order valence-corrected chi connectivity index (χ3v) is 6.71. The second-order valence-electron chi connectivity index (χ2n) is 9.25. The van der Waals surface area contributed by atoms with Gasteiger partial charge < -0.3 is 4.52 Å². The lowest BCUT2D eigenvalue weighted by Crippen LogP contribution is -2.41. The summed E-state index contributed by atoms with van der Waals surface area (Å²) in [4.78, 5) is 34.7. The maximum Gasteiger partial charge on any atom is 0.484 e. The predicted octanol–water partition coefficient (Wildman–Crippen LogP) is 5.34. The Morgan fingerprint density at radius 2 is 1.97 bits per heavy atom. The average molecular weight is 451 g/mol. The Morgan fingerprint density at radius 1 is 1.28 bits per heavy atom. The molecule has 2 aliphatic carbocycles. The lowest BCUT2D eigenvalue weighted by molar-refractivity contribution is -0.550. The number of aromatic nitrogens is 3. The number of rotatable bonds is 7. The number of nitroso groups, excluding NO2 is 1. The van der Waals surface area contributed by atoms with Gasteiger partial charge in [0.2, 0.25) is 11.7 Å². The van der Waals surface area contributed by atoms with Crippen molar-refractivity contribution in [3.8, 4) is 0 Å². The van der Waals surface area contributed by atoms with Gasteiger partial charge in [-0.1, -0.05) is 11.6 Å². The Bertz CT molecular complexity index is 1040. The molecule has 0 N–H and O–H groups in total. The van der Waals surface area contributed by atoms with Crippen molar-refractivity contribution >= 4 is 5.91 Å². The van der Waals surface area contributed by atoms with E-state index >= 15 is 0 Å². The molecule has 32 heavy (non-hydrogen) atoms. The zero-order valence-corrected chi connectivity index (χ0v) is 18.3. The fourth-order valence-electron chi connectivity index (χ4n) is 4.21. The van der Waals surface area contributed by atoms with Crippen LogP contribution in [0, 0.1) is 17.7 Å². The number of amides is 1. The molecule has 2 saturated carbocycles. The Morgan fingerprint density at radius 3 is 2.47 bits per heavy atom. The minimum Gasteiger partial charge on any atom is -0.339 e. The number of hydrogen-bond acceptors (Lipinski definition) is 6. The number of pyridine rings is 1. The second-order valence-corrected chi connectivity index (χ2v) is 9.25. The number of nitrogens with zero attached hydrogens (tertiary/aromatic N) is 4. The van der Waals surface area contributed by atoms with Crippen LogP contribution in [0.15, 0.2) is 16.8 Å². The highest BCUT2D eigenvalue weighted by molar-refractivity contribution is 5.86. The first-order valence-corrected chi connectivity index (χ1v) is 10.9. The van der Waals surface area contributed by atoms with Gasteiger partial charge in [-0.3, -0.25) is 0 Å². The van der Waals surface area contributed by atoms with E-state index in [1.165, 1.54) is 6.20 Å². The van der Waals surface area contributed by atoms with Gasteiger partial charge in [0.05, 0.1) is 10.7 Å². The van der Waals surface area contributed by atoms with Crippen molar-refractivity contribution in [3.63, 3.8) is 0 Å². The summed E-state index contributed by atoms with van der Waals surface area (Å²) >= 11 is 0. The van der Waals surface area contributed by atoms with Gasteiger partial charge in [-0.15, -0.1) is 0 Å². The van der Waals surface area contributed by atoms with Gasteiger partial charge in [-0.05, 0) is 61.6 Å². The minimum atomic E-state index is -4.47. The molecule has 2 aliphatic rings. The van der Waals surface area contributed by atoms with E-state index in [2.05, 4.69) is 15.1 Å². The van der Waals surface area contributed by atoms with Crippen molar-refractivity contribution in [2.75, 3.05) is 0 Å². The number of alkyl halides is 3. The molecule has 2 aromatic heterocycles. The molecule has 10 heteroatoms. The van der Waals surface area contributed by atoms with E-state index in [0.717, 1.165) is 45.1 Å². The Balaban J connectivity index is 1.70. The number of aryl methyl sites for hydroxylation is 1. The van der Waals surface area contributed by atoms with E-state index < -0.39 is 23.5 Å². The molecule has 0 aliphatic heterocycles. The van der Waals surface area contributed by atoms with Gasteiger partial charge in [0.25, 0.3) is 5.54 Å². The Hall–Kier alpha value is -2.65. The van der Waals surface area contributed by atoms with E-state index in [0.29, 0.717) is 12.0 Å². The van der Waals surface area contributed by atoms with E-state index in [9.17, 15) is 22.9 Å². The summed E-state index contributed by atoms with van der Waals surface area (Å²) in [6, 6.07) is 1.14. The highest BCUT2D eigenvalue weighted by atomic mass is 19.4. The third kappa shape index (κ3) is 4.19. The van der Waals surface area contributed by atoms with Crippen molar-refractivity contribution in [1.29, 1.82) is 0 Å². The van der Waals surface area contributed by atoms with Crippen molar-refractivity contribution in [1.82, 2.24) is 15.1 Å². The van der Waals surface area contributed by atoms with Crippen LogP contribution in [-0.2, 0) is 5.54 Å². The molecule has 2 aromatic rings. The largest absolute Gasteiger partial charge is 0.484 e. The highest BCUT2D eigenvalue weighted by Crippen LogP contribution is 2.44. The summed E-state index contributed by atoms with van der Waals surface area (Å²) in [7, 11) is 0. The average Bonchev–Trinajstić information content (AvgIpc) is 3.40. The Labute approximate surface area is 183 Å². The SMILES string of the molecule is Cc1nc(C(C)(CC2CC2)[N+](=O)C(=O)c2cc([C@H](C)C(F)(F)F)c(C3CCC3)cn2)no1. The van der Waals surface area contributed by atoms with E-state index in [-0.39, 0.29) is 39.6 Å². The third-order valence-electron chi connectivity index (χ3n) is 6.71. The van der Waals surface area contributed by atoms with Crippen LogP contribution >= 0.6 is 0 Å². The topological polar surface area (TPSA) is 89.0 Å². The maximum atomic E-state index is 13.6. The van der Waals surface area contributed by atoms with Gasteiger partial charge in [0.1, 0.15) is 0 Å². The van der Waals surface area contributed by atoms with Gasteiger partial charge in [-0.25, -0.2) is 9.78 Å². The summed E-state index contributed by atoms with van der Waals surface area (Å²) in [5.74, 6) is -2.20. The summed E-state index contributed by atoms with van der Waals surface area (Å²) in [6.45, 7) is 4.21. The zero-order valence-electron chi connectivity index (χ0n) is 18.3. The second kappa shape index (κ2) is 8.04. The van der Waals surface area contributed by atoms with E-state index in [1.807, 2.05) is 0 Å². The lowest BCUT2D eigenvalue weighted by Gasteiger charge is -2.30. The molecule has 1 amide bonds. The Kier molecular flexibility index (Phi) is 5.67. The normalized spacial score (nSPS) is 19.8. The molecule has 0 bridgehead atoms. The number of carbonyl (C=O) groups is 1. The zero-order chi connectivity index (χ0) is 23.3. The first kappa shape index (κ1) is 22.5. The fraction of sp³-hybridized carbons (Fsp3) is 0.636. The fourth-order valence-corrected chi connectivity index (χ4v) is 4.21. The van der Waals surface area contributed by atoms with E-state index in [1.54, 1.807) is 13.8 Å². The molecular weight excluding hydrogens is 425 g/mol. The van der Waals surface area contributed by atoms with Crippen LogP contribution in [0.4, 0.5) is 13.2 Å². The number of halogens is 3. The number of carbonyl (C=O) groups excluding carboxylic acids is 1. The van der Waals surface area contributed by atoms with Crippen molar-refractivity contribution < 1.29 is 27.2 Å². The molecule has 2 atom stereocenters. The first-order valence-electron chi connectivity index (χ1n) is 10.9. The molecular formula is C22H26F3N4O3+. The number of hydrogen-bond donors (Lipinski definition) is 0. The van der Waals surface area contributed by atoms with Crippen LogP contribution in [0.3, 0.4) is 0 Å². The van der Waals surface area contributed by atoms with Gasteiger partial charge >= 0.3 is 12.1 Å². The van der Waals surface area contributed by atoms with Crippen molar-refractivity contribution in [2.45, 2.75) is 82.8 Å². The van der Waals surface area contributed by atoms with Crippen LogP contribution in [0.2, 0.25) is 0 Å². The molecule has 2 fully saturated rings. The van der Waals surface area contributed by atoms with E-state index in [4.69, 9.17) is 4.52 Å². The van der Waals surface area contributed by atoms with Crippen LogP contribution < -0.4 is 0 Å². The molecule has 0 radical (unpaired) electrons. The summed E-state index contributed by atoms with van der Waals surface area (Å²) < 4.78 is 45.9. The van der Waals surface area contributed by atoms with Gasteiger partial charge in [-0.2, -0.15) is 18.2 Å². The highest BCUT2D eigenvalue weighted by Gasteiger charge is 2.54. The van der Waals surface area contributed by atoms with Gasteiger partial charge in [0.15, 0.2) is 5.69 Å². The van der Waals surface area contributed by atoms with Crippen LogP contribution in [0.1, 0.15) is 97.5 Å². The summed E-state index contributed by atoms with van der Waals surface area (Å²) in [6.07, 6.45) is 1.58. The monoisotopic (exact) mass is 451 g/mol. The lowest BCUT2D eigenvalue weighted by atomic mass is 9.77. The summed E-state index contributed by atoms with van der Waals surface area (Å²) in [5, 5.41) is 3.85. The molecule has 7 nitrogen and oxygen atoms in total. The standard InChI is InChI=1S/C22H26F3N4O3/c1-12(22(23,24)25)16-9-18(26-11-17(16)15-5-4-6-15)19(30)29(31)21(3,10-14-7-8-14)20-27-13(2)32-28-20/h9,11-12,14-15H,4-8,10H2,1-3H3/q+1/t12-,21?/m0/s1. The minimum absolute atomic E-state index is 0.00255. The van der Waals surface area contributed by atoms with Crippen LogP contribution in [-0.4, -0.2) is 32.0 Å². The molecule has 0 aromatic carbocycles. The molecule has 2 heterocycles. The van der Waals surface area contributed by atoms with Crippen molar-refractivity contribution in [2.24, 2.45) is 5.92 Å². The molecule has 172 valence electrons.